The smallest absolute Gasteiger partial charge is 0.256 e. The van der Waals surface area contributed by atoms with Crippen molar-refractivity contribution < 1.29 is 0 Å². The quantitative estimate of drug-likeness (QED) is 0.626. The topological polar surface area (TPSA) is 58.9 Å². The van der Waals surface area contributed by atoms with Crippen molar-refractivity contribution in [2.75, 3.05) is 5.73 Å². The zero-order valence-electron chi connectivity index (χ0n) is 10.1. The van der Waals surface area contributed by atoms with E-state index in [1.165, 1.54) is 12.8 Å². The largest absolute Gasteiger partial charge is 0.398 e. The van der Waals surface area contributed by atoms with Crippen LogP contribution in [0.15, 0.2) is 29.1 Å². The normalized spacial score (nSPS) is 10.9. The number of fused-ring (bicyclic) bond motifs is 1. The average molecular weight is 230 g/mol. The molecule has 2 rings (SSSR count). The van der Waals surface area contributed by atoms with E-state index < -0.39 is 0 Å². The molecule has 0 fully saturated rings. The third-order valence-electron chi connectivity index (χ3n) is 3.03. The zero-order valence-corrected chi connectivity index (χ0v) is 10.1. The van der Waals surface area contributed by atoms with Crippen LogP contribution in [0, 0.1) is 0 Å². The molecule has 0 spiro atoms. The van der Waals surface area contributed by atoms with Gasteiger partial charge in [-0.3, -0.25) is 4.79 Å². The van der Waals surface area contributed by atoms with Crippen molar-refractivity contribution in [2.45, 2.75) is 32.6 Å². The van der Waals surface area contributed by atoms with E-state index in [4.69, 9.17) is 5.73 Å². The van der Waals surface area contributed by atoms with Crippen LogP contribution in [0.1, 0.15) is 31.9 Å². The van der Waals surface area contributed by atoms with Gasteiger partial charge in [0.25, 0.3) is 5.56 Å². The highest BCUT2D eigenvalue weighted by Gasteiger charge is 2.04. The van der Waals surface area contributed by atoms with Crippen molar-refractivity contribution in [1.29, 1.82) is 0 Å². The Labute approximate surface area is 101 Å². The molecule has 0 amide bonds. The molecule has 0 atom stereocenters. The molecule has 90 valence electrons. The number of anilines is 1. The lowest BCUT2D eigenvalue weighted by molar-refractivity contribution is 0.707. The Bertz CT molecular complexity index is 572. The van der Waals surface area contributed by atoms with Gasteiger partial charge in [-0.2, -0.15) is 0 Å². The van der Waals surface area contributed by atoms with Gasteiger partial charge in [0.1, 0.15) is 0 Å². The van der Waals surface area contributed by atoms with Crippen LogP contribution in [0.2, 0.25) is 0 Å². The van der Waals surface area contributed by atoms with Crippen LogP contribution in [-0.4, -0.2) is 4.98 Å². The number of pyridine rings is 1. The lowest BCUT2D eigenvalue weighted by Gasteiger charge is -2.05. The van der Waals surface area contributed by atoms with E-state index >= 15 is 0 Å². The van der Waals surface area contributed by atoms with Crippen LogP contribution in [0.25, 0.3) is 10.8 Å². The predicted molar refractivity (Wildman–Crippen MR) is 72.2 cm³/mol. The summed E-state index contributed by atoms with van der Waals surface area (Å²) in [5.41, 5.74) is 7.51. The molecule has 3 nitrogen and oxygen atoms in total. The molecule has 0 aliphatic heterocycles. The third-order valence-corrected chi connectivity index (χ3v) is 3.03. The van der Waals surface area contributed by atoms with Gasteiger partial charge in [0, 0.05) is 22.2 Å². The van der Waals surface area contributed by atoms with E-state index in [0.29, 0.717) is 11.1 Å². The molecule has 0 radical (unpaired) electrons. The lowest BCUT2D eigenvalue weighted by atomic mass is 10.1. The zero-order chi connectivity index (χ0) is 12.3. The maximum atomic E-state index is 11.9. The van der Waals surface area contributed by atoms with Crippen LogP contribution >= 0.6 is 0 Å². The van der Waals surface area contributed by atoms with Crippen molar-refractivity contribution >= 4 is 16.5 Å². The minimum atomic E-state index is -0.0405. The summed E-state index contributed by atoms with van der Waals surface area (Å²) >= 11 is 0. The summed E-state index contributed by atoms with van der Waals surface area (Å²) in [6.45, 7) is 2.17. The number of benzene rings is 1. The van der Waals surface area contributed by atoms with Gasteiger partial charge in [0.05, 0.1) is 0 Å². The molecule has 0 unspecified atom stereocenters. The number of hydrogen-bond acceptors (Lipinski definition) is 2. The third kappa shape index (κ3) is 2.49. The first-order valence-corrected chi connectivity index (χ1v) is 6.12. The van der Waals surface area contributed by atoms with Gasteiger partial charge in [0.15, 0.2) is 0 Å². The van der Waals surface area contributed by atoms with Gasteiger partial charge in [0.2, 0.25) is 0 Å². The van der Waals surface area contributed by atoms with Crippen molar-refractivity contribution in [3.8, 4) is 0 Å². The van der Waals surface area contributed by atoms with E-state index in [1.807, 2.05) is 18.2 Å². The van der Waals surface area contributed by atoms with Crippen molar-refractivity contribution in [3.63, 3.8) is 0 Å². The van der Waals surface area contributed by atoms with Gasteiger partial charge >= 0.3 is 0 Å². The van der Waals surface area contributed by atoms with Gasteiger partial charge in [-0.25, -0.2) is 0 Å². The minimum absolute atomic E-state index is 0.0405. The first-order chi connectivity index (χ1) is 8.22. The van der Waals surface area contributed by atoms with E-state index in [-0.39, 0.29) is 5.56 Å². The molecular weight excluding hydrogens is 212 g/mol. The summed E-state index contributed by atoms with van der Waals surface area (Å²) in [5, 5.41) is 1.53. The lowest BCUT2D eigenvalue weighted by Crippen LogP contribution is -2.10. The predicted octanol–water partition coefficient (Wildman–Crippen LogP) is 2.84. The standard InChI is InChI=1S/C14H18N2O/c1-2-3-4-6-10-9-12-11(14(17)16-10)7-5-8-13(12)15/h5,7-9H,2-4,6,15H2,1H3,(H,16,17). The molecule has 1 heterocycles. The van der Waals surface area contributed by atoms with Crippen LogP contribution < -0.4 is 11.3 Å². The number of rotatable bonds is 4. The summed E-state index contributed by atoms with van der Waals surface area (Å²) < 4.78 is 0. The van der Waals surface area contributed by atoms with Gasteiger partial charge in [-0.05, 0) is 31.0 Å². The molecule has 0 aliphatic carbocycles. The van der Waals surface area contributed by atoms with Gasteiger partial charge < -0.3 is 10.7 Å². The van der Waals surface area contributed by atoms with Crippen LogP contribution in [0.5, 0.6) is 0 Å². The molecule has 0 bridgehead atoms. The summed E-state index contributed by atoms with van der Waals surface area (Å²) in [5.74, 6) is 0. The number of nitrogens with one attached hydrogen (secondary N) is 1. The van der Waals surface area contributed by atoms with Crippen LogP contribution in [0.4, 0.5) is 5.69 Å². The van der Waals surface area contributed by atoms with Gasteiger partial charge in [-0.1, -0.05) is 25.8 Å². The molecule has 2 aromatic rings. The molecule has 0 saturated heterocycles. The fourth-order valence-electron chi connectivity index (χ4n) is 2.07. The fraction of sp³-hybridized carbons (Fsp3) is 0.357. The number of aromatic amines is 1. The maximum absolute atomic E-state index is 11.9. The van der Waals surface area contributed by atoms with Crippen LogP contribution in [-0.2, 0) is 6.42 Å². The van der Waals surface area contributed by atoms with E-state index in [1.54, 1.807) is 6.07 Å². The summed E-state index contributed by atoms with van der Waals surface area (Å²) in [6.07, 6.45) is 4.38. The Hall–Kier alpha value is -1.77. The highest BCUT2D eigenvalue weighted by molar-refractivity contribution is 5.92. The van der Waals surface area contributed by atoms with Gasteiger partial charge in [-0.15, -0.1) is 0 Å². The Morgan fingerprint density at radius 2 is 2.06 bits per heavy atom. The SMILES string of the molecule is CCCCCc1cc2c(N)cccc2c(=O)[nH]1. The molecule has 0 saturated carbocycles. The minimum Gasteiger partial charge on any atom is -0.398 e. The molecular formula is C14H18N2O. The van der Waals surface area contributed by atoms with Crippen molar-refractivity contribution in [3.05, 3.63) is 40.3 Å². The molecule has 17 heavy (non-hydrogen) atoms. The second kappa shape index (κ2) is 5.04. The first-order valence-electron chi connectivity index (χ1n) is 6.12. The summed E-state index contributed by atoms with van der Waals surface area (Å²) in [6, 6.07) is 7.45. The molecule has 3 heteroatoms. The van der Waals surface area contributed by atoms with E-state index in [0.717, 1.165) is 23.9 Å². The second-order valence-electron chi connectivity index (χ2n) is 4.39. The van der Waals surface area contributed by atoms with E-state index in [9.17, 15) is 4.79 Å². The number of nitrogens with two attached hydrogens (primary N) is 1. The molecule has 3 N–H and O–H groups in total. The Balaban J connectivity index is 2.40. The number of hydrogen-bond donors (Lipinski definition) is 2. The number of nitrogen functional groups attached to an aromatic ring is 1. The van der Waals surface area contributed by atoms with Crippen molar-refractivity contribution in [2.24, 2.45) is 0 Å². The number of unbranched alkanes of at least 4 members (excludes halogenated alkanes) is 2. The number of H-pyrrole nitrogens is 1. The molecule has 1 aromatic carbocycles. The Kier molecular flexibility index (Phi) is 3.47. The summed E-state index contributed by atoms with van der Waals surface area (Å²) in [7, 11) is 0. The van der Waals surface area contributed by atoms with E-state index in [2.05, 4.69) is 11.9 Å². The molecule has 1 aromatic heterocycles. The Morgan fingerprint density at radius 3 is 2.82 bits per heavy atom. The average Bonchev–Trinajstić information content (AvgIpc) is 2.31. The number of aromatic nitrogens is 1. The maximum Gasteiger partial charge on any atom is 0.256 e. The number of aryl methyl sites for hydroxylation is 1. The molecule has 0 aliphatic rings. The highest BCUT2D eigenvalue weighted by atomic mass is 16.1. The second-order valence-corrected chi connectivity index (χ2v) is 4.39. The first kappa shape index (κ1) is 11.7. The van der Waals surface area contributed by atoms with Crippen LogP contribution in [0.3, 0.4) is 0 Å². The Morgan fingerprint density at radius 1 is 1.24 bits per heavy atom. The summed E-state index contributed by atoms with van der Waals surface area (Å²) in [4.78, 5) is 14.8. The highest BCUT2D eigenvalue weighted by Crippen LogP contribution is 2.18. The van der Waals surface area contributed by atoms with Crippen molar-refractivity contribution in [1.82, 2.24) is 4.98 Å². The monoisotopic (exact) mass is 230 g/mol. The fourth-order valence-corrected chi connectivity index (χ4v) is 2.07.